The number of carbonyl (C=O) groups excluding carboxylic acids is 1. The van der Waals surface area contributed by atoms with Gasteiger partial charge < -0.3 is 10.1 Å². The van der Waals surface area contributed by atoms with Crippen molar-refractivity contribution in [2.45, 2.75) is 19.4 Å². The lowest BCUT2D eigenvalue weighted by Crippen LogP contribution is -2.42. The van der Waals surface area contributed by atoms with Crippen LogP contribution in [0.5, 0.6) is 5.75 Å². The van der Waals surface area contributed by atoms with E-state index in [1.165, 1.54) is 6.07 Å². The second-order valence-corrected chi connectivity index (χ2v) is 6.17. The fourth-order valence-electron chi connectivity index (χ4n) is 1.81. The zero-order valence-electron chi connectivity index (χ0n) is 12.6. The molecule has 1 N–H and O–H groups in total. The van der Waals surface area contributed by atoms with Crippen LogP contribution in [0.3, 0.4) is 0 Å². The number of nitrogens with zero attached hydrogens (tertiary/aromatic N) is 1. The van der Waals surface area contributed by atoms with Crippen LogP contribution in [-0.2, 0) is 4.79 Å². The monoisotopic (exact) mass is 348 g/mol. The predicted molar refractivity (Wildman–Crippen MR) is 91.0 cm³/mol. The Bertz CT molecular complexity index is 765. The van der Waals surface area contributed by atoms with E-state index in [2.05, 4.69) is 5.32 Å². The van der Waals surface area contributed by atoms with Gasteiger partial charge in [0, 0.05) is 10.7 Å². The van der Waals surface area contributed by atoms with Crippen LogP contribution in [0.15, 0.2) is 42.5 Å². The van der Waals surface area contributed by atoms with Crippen molar-refractivity contribution in [3.05, 3.63) is 58.1 Å². The molecule has 2 aromatic rings. The fourth-order valence-corrected chi connectivity index (χ4v) is 2.16. The average molecular weight is 349 g/mol. The van der Waals surface area contributed by atoms with Crippen molar-refractivity contribution in [2.24, 2.45) is 0 Å². The van der Waals surface area contributed by atoms with E-state index >= 15 is 0 Å². The topological polar surface area (TPSA) is 62.1 Å². The quantitative estimate of drug-likeness (QED) is 0.873. The number of anilines is 1. The molecule has 4 nitrogen and oxygen atoms in total. The molecule has 0 bridgehead atoms. The molecule has 118 valence electrons. The van der Waals surface area contributed by atoms with Crippen LogP contribution >= 0.6 is 23.2 Å². The Morgan fingerprint density at radius 2 is 1.83 bits per heavy atom. The number of rotatable bonds is 4. The van der Waals surface area contributed by atoms with Crippen molar-refractivity contribution in [3.8, 4) is 11.8 Å². The molecule has 0 aliphatic carbocycles. The number of carbonyl (C=O) groups is 1. The maximum Gasteiger partial charge on any atom is 0.267 e. The van der Waals surface area contributed by atoms with Crippen LogP contribution in [0.2, 0.25) is 10.0 Å². The van der Waals surface area contributed by atoms with Gasteiger partial charge in [-0.05, 0) is 56.3 Å². The van der Waals surface area contributed by atoms with Crippen molar-refractivity contribution in [1.82, 2.24) is 0 Å². The van der Waals surface area contributed by atoms with Crippen molar-refractivity contribution in [3.63, 3.8) is 0 Å². The zero-order valence-corrected chi connectivity index (χ0v) is 14.1. The predicted octanol–water partition coefficient (Wildman–Crippen LogP) is 4.66. The molecule has 0 atom stereocenters. The highest BCUT2D eigenvalue weighted by molar-refractivity contribution is 6.32. The third-order valence-corrected chi connectivity index (χ3v) is 3.65. The van der Waals surface area contributed by atoms with E-state index in [-0.39, 0.29) is 10.9 Å². The first-order chi connectivity index (χ1) is 10.8. The van der Waals surface area contributed by atoms with Crippen molar-refractivity contribution in [1.29, 1.82) is 5.26 Å². The molecule has 23 heavy (non-hydrogen) atoms. The lowest BCUT2D eigenvalue weighted by atomic mass is 10.1. The van der Waals surface area contributed by atoms with Gasteiger partial charge >= 0.3 is 0 Å². The summed E-state index contributed by atoms with van der Waals surface area (Å²) in [4.78, 5) is 12.4. The summed E-state index contributed by atoms with van der Waals surface area (Å²) >= 11 is 11.8. The zero-order chi connectivity index (χ0) is 17.0. The summed E-state index contributed by atoms with van der Waals surface area (Å²) in [5, 5.41) is 12.4. The van der Waals surface area contributed by atoms with Gasteiger partial charge in [0.25, 0.3) is 5.91 Å². The van der Waals surface area contributed by atoms with Crippen molar-refractivity contribution < 1.29 is 9.53 Å². The van der Waals surface area contributed by atoms with Gasteiger partial charge in [-0.15, -0.1) is 0 Å². The molecule has 0 spiro atoms. The second-order valence-electron chi connectivity index (χ2n) is 5.33. The number of amides is 1. The number of benzene rings is 2. The summed E-state index contributed by atoms with van der Waals surface area (Å²) in [6.45, 7) is 3.31. The van der Waals surface area contributed by atoms with Gasteiger partial charge in [-0.25, -0.2) is 0 Å². The van der Waals surface area contributed by atoms with Crippen LogP contribution in [0.4, 0.5) is 5.69 Å². The molecule has 0 radical (unpaired) electrons. The van der Waals surface area contributed by atoms with Gasteiger partial charge in [0.05, 0.1) is 10.6 Å². The summed E-state index contributed by atoms with van der Waals surface area (Å²) in [5.41, 5.74) is -0.262. The first-order valence-electron chi connectivity index (χ1n) is 6.77. The second kappa shape index (κ2) is 6.91. The molecule has 0 aromatic heterocycles. The standard InChI is InChI=1S/C17H14Cl2N2O2/c1-17(2,23-14-7-4-12(18)5-8-14)16(22)21-13-6-3-11(10-20)15(19)9-13/h3-9H,1-2H3,(H,21,22). The van der Waals surface area contributed by atoms with Gasteiger partial charge in [0.2, 0.25) is 0 Å². The molecule has 0 fully saturated rings. The molecule has 0 aliphatic rings. The third-order valence-electron chi connectivity index (χ3n) is 3.08. The van der Waals surface area contributed by atoms with Crippen LogP contribution in [0.1, 0.15) is 19.4 Å². The number of hydrogen-bond acceptors (Lipinski definition) is 3. The van der Waals surface area contributed by atoms with E-state index in [4.69, 9.17) is 33.2 Å². The van der Waals surface area contributed by atoms with Crippen molar-refractivity contribution in [2.75, 3.05) is 5.32 Å². The molecule has 0 saturated heterocycles. The lowest BCUT2D eigenvalue weighted by Gasteiger charge is -2.25. The number of hydrogen-bond donors (Lipinski definition) is 1. The molecule has 1 amide bonds. The van der Waals surface area contributed by atoms with E-state index in [1.807, 2.05) is 6.07 Å². The summed E-state index contributed by atoms with van der Waals surface area (Å²) < 4.78 is 5.71. The van der Waals surface area contributed by atoms with Crippen LogP contribution in [-0.4, -0.2) is 11.5 Å². The highest BCUT2D eigenvalue weighted by Gasteiger charge is 2.30. The number of ether oxygens (including phenoxy) is 1. The Hall–Kier alpha value is -2.22. The number of halogens is 2. The van der Waals surface area contributed by atoms with E-state index < -0.39 is 5.60 Å². The maximum absolute atomic E-state index is 12.4. The van der Waals surface area contributed by atoms with Gasteiger partial charge in [0.1, 0.15) is 11.8 Å². The Kier molecular flexibility index (Phi) is 5.15. The first-order valence-corrected chi connectivity index (χ1v) is 7.53. The van der Waals surface area contributed by atoms with Crippen LogP contribution < -0.4 is 10.1 Å². The smallest absolute Gasteiger partial charge is 0.267 e. The molecule has 0 aliphatic heterocycles. The Morgan fingerprint density at radius 1 is 1.17 bits per heavy atom. The molecule has 2 rings (SSSR count). The fraction of sp³-hybridized carbons (Fsp3) is 0.176. The number of nitriles is 1. The molecule has 0 saturated carbocycles. The molecule has 0 unspecified atom stereocenters. The van der Waals surface area contributed by atoms with E-state index in [0.717, 1.165) is 0 Å². The Morgan fingerprint density at radius 3 is 2.39 bits per heavy atom. The molecule has 2 aromatic carbocycles. The van der Waals surface area contributed by atoms with Gasteiger partial charge in [-0.3, -0.25) is 4.79 Å². The Balaban J connectivity index is 2.10. The average Bonchev–Trinajstić information content (AvgIpc) is 2.49. The minimum Gasteiger partial charge on any atom is -0.478 e. The van der Waals surface area contributed by atoms with E-state index in [0.29, 0.717) is 22.0 Å². The van der Waals surface area contributed by atoms with Gasteiger partial charge in [-0.1, -0.05) is 23.2 Å². The SMILES string of the molecule is CC(C)(Oc1ccc(Cl)cc1)C(=O)Nc1ccc(C#N)c(Cl)c1. The van der Waals surface area contributed by atoms with Crippen LogP contribution in [0.25, 0.3) is 0 Å². The normalized spacial score (nSPS) is 10.7. The largest absolute Gasteiger partial charge is 0.478 e. The minimum atomic E-state index is -1.10. The maximum atomic E-state index is 12.4. The highest BCUT2D eigenvalue weighted by Crippen LogP contribution is 2.24. The van der Waals surface area contributed by atoms with Gasteiger partial charge in [-0.2, -0.15) is 5.26 Å². The lowest BCUT2D eigenvalue weighted by molar-refractivity contribution is -0.128. The summed E-state index contributed by atoms with van der Waals surface area (Å²) in [7, 11) is 0. The highest BCUT2D eigenvalue weighted by atomic mass is 35.5. The minimum absolute atomic E-state index is 0.279. The van der Waals surface area contributed by atoms with E-state index in [9.17, 15) is 4.79 Å². The van der Waals surface area contributed by atoms with E-state index in [1.54, 1.807) is 50.2 Å². The number of nitrogens with one attached hydrogen (secondary N) is 1. The van der Waals surface area contributed by atoms with Crippen LogP contribution in [0, 0.1) is 11.3 Å². The Labute approximate surface area is 144 Å². The molecular formula is C17H14Cl2N2O2. The molecular weight excluding hydrogens is 335 g/mol. The summed E-state index contributed by atoms with van der Waals surface area (Å²) in [6.07, 6.45) is 0. The molecule has 6 heteroatoms. The summed E-state index contributed by atoms with van der Waals surface area (Å²) in [5.74, 6) is 0.195. The van der Waals surface area contributed by atoms with Gasteiger partial charge in [0.15, 0.2) is 5.60 Å². The van der Waals surface area contributed by atoms with Crippen molar-refractivity contribution >= 4 is 34.8 Å². The third kappa shape index (κ3) is 4.38. The first kappa shape index (κ1) is 17.1. The summed E-state index contributed by atoms with van der Waals surface area (Å²) in [6, 6.07) is 13.4. The molecule has 0 heterocycles.